The summed E-state index contributed by atoms with van der Waals surface area (Å²) in [5.41, 5.74) is 1.38. The van der Waals surface area contributed by atoms with Crippen molar-refractivity contribution >= 4 is 15.7 Å². The first-order valence-electron chi connectivity index (χ1n) is 6.60. The molecule has 0 saturated carbocycles. The van der Waals surface area contributed by atoms with Gasteiger partial charge in [-0.3, -0.25) is 0 Å². The number of fused-ring (bicyclic) bond motifs is 1. The molecule has 1 N–H and O–H groups in total. The molecule has 2 rings (SSSR count). The first-order chi connectivity index (χ1) is 9.50. The van der Waals surface area contributed by atoms with Crippen molar-refractivity contribution in [2.75, 3.05) is 12.3 Å². The molecule has 0 fully saturated rings. The largest absolute Gasteiger partial charge is 0.304 e. The predicted octanol–water partition coefficient (Wildman–Crippen LogP) is 1.74. The van der Waals surface area contributed by atoms with Crippen LogP contribution in [0, 0.1) is 5.82 Å². The van der Waals surface area contributed by atoms with Crippen molar-refractivity contribution in [2.24, 2.45) is 0 Å². The number of rotatable bonds is 7. The van der Waals surface area contributed by atoms with Crippen molar-refractivity contribution in [3.05, 3.63) is 36.0 Å². The summed E-state index contributed by atoms with van der Waals surface area (Å²) in [6.45, 7) is 2.25. The van der Waals surface area contributed by atoms with Crippen LogP contribution in [0.4, 0.5) is 4.39 Å². The van der Waals surface area contributed by atoms with Crippen LogP contribution in [0.5, 0.6) is 0 Å². The molecule has 0 unspecified atom stereocenters. The summed E-state index contributed by atoms with van der Waals surface area (Å²) in [5, 5.41) is 0. The molecule has 0 amide bonds. The number of pyridine rings is 1. The van der Waals surface area contributed by atoms with Crippen molar-refractivity contribution in [3.63, 3.8) is 0 Å². The molecular weight excluding hydrogens is 281 g/mol. The van der Waals surface area contributed by atoms with E-state index in [1.807, 2.05) is 6.92 Å². The van der Waals surface area contributed by atoms with Crippen LogP contribution in [0.15, 0.2) is 24.5 Å². The van der Waals surface area contributed by atoms with E-state index in [1.54, 1.807) is 16.7 Å². The van der Waals surface area contributed by atoms with Crippen LogP contribution in [0.2, 0.25) is 0 Å². The van der Waals surface area contributed by atoms with E-state index in [0.717, 1.165) is 12.1 Å². The maximum atomic E-state index is 13.0. The number of unbranched alkanes of at least 4 members (excludes halogenated alkanes) is 1. The molecule has 2 aromatic rings. The lowest BCUT2D eigenvalue weighted by molar-refractivity contribution is 0.578. The second-order valence-corrected chi connectivity index (χ2v) is 6.59. The SMILES string of the molecule is CCCCS(=O)(=O)NCCc1cn2cc(F)ccc2n1. The summed E-state index contributed by atoms with van der Waals surface area (Å²) in [6.07, 6.45) is 5.03. The highest BCUT2D eigenvalue weighted by molar-refractivity contribution is 7.89. The van der Waals surface area contributed by atoms with Gasteiger partial charge in [0.15, 0.2) is 0 Å². The first kappa shape index (κ1) is 14.9. The highest BCUT2D eigenvalue weighted by atomic mass is 32.2. The Balaban J connectivity index is 1.93. The van der Waals surface area contributed by atoms with Crippen LogP contribution in [0.25, 0.3) is 5.65 Å². The normalized spacial score (nSPS) is 12.1. The van der Waals surface area contributed by atoms with Gasteiger partial charge in [0.25, 0.3) is 0 Å². The van der Waals surface area contributed by atoms with E-state index in [9.17, 15) is 12.8 Å². The fraction of sp³-hybridized carbons (Fsp3) is 0.462. The predicted molar refractivity (Wildman–Crippen MR) is 75.6 cm³/mol. The third kappa shape index (κ3) is 4.01. The third-order valence-electron chi connectivity index (χ3n) is 2.93. The van der Waals surface area contributed by atoms with Crippen molar-refractivity contribution < 1.29 is 12.8 Å². The summed E-state index contributed by atoms with van der Waals surface area (Å²) in [7, 11) is -3.20. The molecule has 5 nitrogen and oxygen atoms in total. The number of nitrogens with zero attached hydrogens (tertiary/aromatic N) is 2. The van der Waals surface area contributed by atoms with Gasteiger partial charge in [-0.2, -0.15) is 0 Å². The molecule has 0 bridgehead atoms. The Kier molecular flexibility index (Phi) is 4.72. The van der Waals surface area contributed by atoms with Crippen LogP contribution >= 0.6 is 0 Å². The number of hydrogen-bond donors (Lipinski definition) is 1. The van der Waals surface area contributed by atoms with Gasteiger partial charge >= 0.3 is 0 Å². The van der Waals surface area contributed by atoms with Gasteiger partial charge in [-0.25, -0.2) is 22.5 Å². The summed E-state index contributed by atoms with van der Waals surface area (Å²) < 4.78 is 40.4. The van der Waals surface area contributed by atoms with E-state index in [0.29, 0.717) is 25.0 Å². The average Bonchev–Trinajstić information content (AvgIpc) is 2.78. The number of imidazole rings is 1. The van der Waals surface area contributed by atoms with E-state index in [1.165, 1.54) is 12.3 Å². The first-order valence-corrected chi connectivity index (χ1v) is 8.26. The zero-order valence-electron chi connectivity index (χ0n) is 11.3. The van der Waals surface area contributed by atoms with Crippen molar-refractivity contribution in [2.45, 2.75) is 26.2 Å². The molecule has 0 aliphatic heterocycles. The summed E-state index contributed by atoms with van der Waals surface area (Å²) in [6, 6.07) is 2.93. The Morgan fingerprint density at radius 3 is 2.90 bits per heavy atom. The molecule has 110 valence electrons. The minimum Gasteiger partial charge on any atom is -0.304 e. The van der Waals surface area contributed by atoms with Gasteiger partial charge in [-0.15, -0.1) is 0 Å². The number of hydrogen-bond acceptors (Lipinski definition) is 3. The van der Waals surface area contributed by atoms with Gasteiger partial charge in [0, 0.05) is 25.4 Å². The van der Waals surface area contributed by atoms with Gasteiger partial charge < -0.3 is 4.40 Å². The lowest BCUT2D eigenvalue weighted by Gasteiger charge is -2.04. The molecule has 0 aromatic carbocycles. The van der Waals surface area contributed by atoms with Gasteiger partial charge in [0.05, 0.1) is 11.4 Å². The lowest BCUT2D eigenvalue weighted by atomic mass is 10.3. The van der Waals surface area contributed by atoms with Crippen LogP contribution in [0.1, 0.15) is 25.5 Å². The minimum atomic E-state index is -3.20. The molecule has 7 heteroatoms. The van der Waals surface area contributed by atoms with E-state index < -0.39 is 10.0 Å². The summed E-state index contributed by atoms with van der Waals surface area (Å²) >= 11 is 0. The molecule has 0 spiro atoms. The quantitative estimate of drug-likeness (QED) is 0.847. The van der Waals surface area contributed by atoms with Crippen LogP contribution in [-0.4, -0.2) is 30.1 Å². The average molecular weight is 299 g/mol. The standard InChI is InChI=1S/C13H18FN3O2S/c1-2-3-8-20(18,19)15-7-6-12-10-17-9-11(14)4-5-13(17)16-12/h4-5,9-10,15H,2-3,6-8H2,1H3. The third-order valence-corrected chi connectivity index (χ3v) is 4.40. The van der Waals surface area contributed by atoms with E-state index >= 15 is 0 Å². The molecule has 0 radical (unpaired) electrons. The number of sulfonamides is 1. The molecule has 0 atom stereocenters. The highest BCUT2D eigenvalue weighted by Gasteiger charge is 2.09. The summed E-state index contributed by atoms with van der Waals surface area (Å²) in [4.78, 5) is 4.30. The van der Waals surface area contributed by atoms with Crippen LogP contribution in [0.3, 0.4) is 0 Å². The minimum absolute atomic E-state index is 0.153. The Hall–Kier alpha value is -1.47. The van der Waals surface area contributed by atoms with Crippen molar-refractivity contribution in [3.8, 4) is 0 Å². The molecular formula is C13H18FN3O2S. The lowest BCUT2D eigenvalue weighted by Crippen LogP contribution is -2.28. The molecule has 0 saturated heterocycles. The topological polar surface area (TPSA) is 63.5 Å². The molecule has 2 aromatic heterocycles. The Morgan fingerprint density at radius 1 is 1.35 bits per heavy atom. The Morgan fingerprint density at radius 2 is 2.15 bits per heavy atom. The van der Waals surface area contributed by atoms with E-state index in [-0.39, 0.29) is 11.6 Å². The maximum absolute atomic E-state index is 13.0. The smallest absolute Gasteiger partial charge is 0.211 e. The number of halogens is 1. The Bertz CT molecular complexity index is 682. The second kappa shape index (κ2) is 6.32. The van der Waals surface area contributed by atoms with Crippen LogP contribution < -0.4 is 4.72 Å². The number of nitrogens with one attached hydrogen (secondary N) is 1. The van der Waals surface area contributed by atoms with Gasteiger partial charge in [0.1, 0.15) is 11.5 Å². The summed E-state index contributed by atoms with van der Waals surface area (Å²) in [5.74, 6) is -0.179. The number of aromatic nitrogens is 2. The van der Waals surface area contributed by atoms with Crippen LogP contribution in [-0.2, 0) is 16.4 Å². The highest BCUT2D eigenvalue weighted by Crippen LogP contribution is 2.07. The van der Waals surface area contributed by atoms with E-state index in [4.69, 9.17) is 0 Å². The Labute approximate surface area is 117 Å². The van der Waals surface area contributed by atoms with Gasteiger partial charge in [0.2, 0.25) is 10.0 Å². The fourth-order valence-electron chi connectivity index (χ4n) is 1.88. The van der Waals surface area contributed by atoms with Gasteiger partial charge in [-0.1, -0.05) is 13.3 Å². The monoisotopic (exact) mass is 299 g/mol. The zero-order valence-corrected chi connectivity index (χ0v) is 12.2. The second-order valence-electron chi connectivity index (χ2n) is 4.66. The fourth-order valence-corrected chi connectivity index (χ4v) is 3.10. The molecule has 2 heterocycles. The van der Waals surface area contributed by atoms with Crippen molar-refractivity contribution in [1.29, 1.82) is 0 Å². The maximum Gasteiger partial charge on any atom is 0.211 e. The molecule has 0 aliphatic carbocycles. The van der Waals surface area contributed by atoms with E-state index in [2.05, 4.69) is 9.71 Å². The molecule has 0 aliphatic rings. The zero-order chi connectivity index (χ0) is 14.6. The molecule has 20 heavy (non-hydrogen) atoms. The van der Waals surface area contributed by atoms with Gasteiger partial charge in [-0.05, 0) is 18.6 Å². The van der Waals surface area contributed by atoms with Crippen molar-refractivity contribution in [1.82, 2.24) is 14.1 Å².